The number of pyridine rings is 1. The molecule has 0 aliphatic carbocycles. The number of H-pyrrole nitrogens is 2. The van der Waals surface area contributed by atoms with Crippen molar-refractivity contribution in [2.24, 2.45) is 0 Å². The number of aryl methyl sites for hydroxylation is 1. The molecule has 5 nitrogen and oxygen atoms in total. The van der Waals surface area contributed by atoms with Crippen molar-refractivity contribution in [3.63, 3.8) is 0 Å². The average Bonchev–Trinajstić information content (AvgIpc) is 3.01. The standard InChI is InChI=1S/C20H15ClN4O/c1-11-4-16-14(8-22)10-24-19(16)7-18(11)23-9-13-5-12-6-15(21)2-3-17(12)25-20(13)26/h2-7,10,23-24H,9H2,1H3,(H,25,26). The van der Waals surface area contributed by atoms with Crippen LogP contribution in [-0.4, -0.2) is 9.97 Å². The van der Waals surface area contributed by atoms with E-state index in [1.54, 1.807) is 18.3 Å². The molecule has 0 radical (unpaired) electrons. The number of benzene rings is 2. The van der Waals surface area contributed by atoms with Crippen molar-refractivity contribution in [1.29, 1.82) is 5.26 Å². The number of nitrogens with one attached hydrogen (secondary N) is 3. The molecule has 2 heterocycles. The van der Waals surface area contributed by atoms with Gasteiger partial charge >= 0.3 is 0 Å². The highest BCUT2D eigenvalue weighted by Crippen LogP contribution is 2.26. The number of hydrogen-bond donors (Lipinski definition) is 3. The minimum Gasteiger partial charge on any atom is -0.380 e. The Hall–Kier alpha value is -3.23. The molecule has 0 spiro atoms. The summed E-state index contributed by atoms with van der Waals surface area (Å²) in [5, 5.41) is 14.9. The number of nitrogens with zero attached hydrogens (tertiary/aromatic N) is 1. The molecule has 0 bridgehead atoms. The Bertz CT molecular complexity index is 1250. The van der Waals surface area contributed by atoms with Crippen LogP contribution in [0.25, 0.3) is 21.8 Å². The van der Waals surface area contributed by atoms with E-state index in [-0.39, 0.29) is 5.56 Å². The van der Waals surface area contributed by atoms with Crippen LogP contribution in [0.2, 0.25) is 5.02 Å². The summed E-state index contributed by atoms with van der Waals surface area (Å²) >= 11 is 6.04. The van der Waals surface area contributed by atoms with E-state index in [0.717, 1.165) is 33.1 Å². The summed E-state index contributed by atoms with van der Waals surface area (Å²) in [6.45, 7) is 2.36. The molecule has 0 atom stereocenters. The zero-order valence-corrected chi connectivity index (χ0v) is 14.7. The van der Waals surface area contributed by atoms with Gasteiger partial charge in [0.25, 0.3) is 5.56 Å². The number of halogens is 1. The van der Waals surface area contributed by atoms with Gasteiger partial charge in [0.2, 0.25) is 0 Å². The van der Waals surface area contributed by atoms with Crippen LogP contribution in [0, 0.1) is 18.3 Å². The Labute approximate surface area is 154 Å². The fourth-order valence-electron chi connectivity index (χ4n) is 3.11. The minimum atomic E-state index is -0.127. The largest absolute Gasteiger partial charge is 0.380 e. The molecule has 4 rings (SSSR count). The van der Waals surface area contributed by atoms with E-state index in [0.29, 0.717) is 22.7 Å². The molecular formula is C20H15ClN4O. The van der Waals surface area contributed by atoms with E-state index in [4.69, 9.17) is 16.9 Å². The van der Waals surface area contributed by atoms with Crippen LogP contribution >= 0.6 is 11.6 Å². The number of nitriles is 1. The zero-order chi connectivity index (χ0) is 18.3. The minimum absolute atomic E-state index is 0.127. The van der Waals surface area contributed by atoms with Gasteiger partial charge in [-0.25, -0.2) is 0 Å². The second-order valence-electron chi connectivity index (χ2n) is 6.24. The highest BCUT2D eigenvalue weighted by atomic mass is 35.5. The number of aromatic nitrogens is 2. The first kappa shape index (κ1) is 16.2. The molecule has 2 aromatic carbocycles. The number of rotatable bonds is 3. The van der Waals surface area contributed by atoms with E-state index in [2.05, 4.69) is 21.4 Å². The maximum absolute atomic E-state index is 12.3. The summed E-state index contributed by atoms with van der Waals surface area (Å²) in [6.07, 6.45) is 1.70. The van der Waals surface area contributed by atoms with Crippen LogP contribution in [0.4, 0.5) is 5.69 Å². The third kappa shape index (κ3) is 2.81. The van der Waals surface area contributed by atoms with E-state index in [9.17, 15) is 4.79 Å². The van der Waals surface area contributed by atoms with Gasteiger partial charge in [0, 0.05) is 50.8 Å². The average molecular weight is 363 g/mol. The Morgan fingerprint density at radius 2 is 2.04 bits per heavy atom. The van der Waals surface area contributed by atoms with Crippen LogP contribution in [0.1, 0.15) is 16.7 Å². The summed E-state index contributed by atoms with van der Waals surface area (Å²) in [5.41, 5.74) is 4.69. The summed E-state index contributed by atoms with van der Waals surface area (Å²) in [6, 6.07) is 13.3. The van der Waals surface area contributed by atoms with E-state index in [1.165, 1.54) is 0 Å². The molecule has 0 amide bonds. The molecule has 0 unspecified atom stereocenters. The summed E-state index contributed by atoms with van der Waals surface area (Å²) in [7, 11) is 0. The molecule has 6 heteroatoms. The van der Waals surface area contributed by atoms with Crippen LogP contribution in [0.15, 0.2) is 47.4 Å². The second-order valence-corrected chi connectivity index (χ2v) is 6.67. The molecule has 0 fully saturated rings. The molecule has 0 saturated carbocycles. The van der Waals surface area contributed by atoms with Gasteiger partial charge in [0.15, 0.2) is 0 Å². The molecule has 0 aliphatic heterocycles. The van der Waals surface area contributed by atoms with Gasteiger partial charge < -0.3 is 15.3 Å². The summed E-state index contributed by atoms with van der Waals surface area (Å²) in [4.78, 5) is 18.3. The van der Waals surface area contributed by atoms with Gasteiger partial charge in [-0.2, -0.15) is 5.26 Å². The van der Waals surface area contributed by atoms with E-state index >= 15 is 0 Å². The van der Waals surface area contributed by atoms with Crippen molar-refractivity contribution >= 4 is 39.1 Å². The third-order valence-electron chi connectivity index (χ3n) is 4.50. The van der Waals surface area contributed by atoms with Gasteiger partial charge in [0.1, 0.15) is 6.07 Å². The smallest absolute Gasteiger partial charge is 0.253 e. The summed E-state index contributed by atoms with van der Waals surface area (Å²) < 4.78 is 0. The van der Waals surface area contributed by atoms with E-state index in [1.807, 2.05) is 31.2 Å². The lowest BCUT2D eigenvalue weighted by Gasteiger charge is -2.10. The van der Waals surface area contributed by atoms with Gasteiger partial charge in [-0.05, 0) is 48.9 Å². The number of fused-ring (bicyclic) bond motifs is 2. The van der Waals surface area contributed by atoms with Crippen LogP contribution in [0.3, 0.4) is 0 Å². The Morgan fingerprint density at radius 3 is 2.85 bits per heavy atom. The Kier molecular flexibility index (Phi) is 3.90. The zero-order valence-electron chi connectivity index (χ0n) is 14.0. The SMILES string of the molecule is Cc1cc2c(C#N)c[nH]c2cc1NCc1cc2cc(Cl)ccc2[nH]c1=O. The van der Waals surface area contributed by atoms with Gasteiger partial charge in [-0.3, -0.25) is 4.79 Å². The molecule has 26 heavy (non-hydrogen) atoms. The maximum atomic E-state index is 12.3. The number of hydrogen-bond acceptors (Lipinski definition) is 3. The van der Waals surface area contributed by atoms with Crippen LogP contribution < -0.4 is 10.9 Å². The fraction of sp³-hybridized carbons (Fsp3) is 0.100. The van der Waals surface area contributed by atoms with Crippen molar-refractivity contribution < 1.29 is 0 Å². The lowest BCUT2D eigenvalue weighted by atomic mass is 10.1. The summed E-state index contributed by atoms with van der Waals surface area (Å²) in [5.74, 6) is 0. The maximum Gasteiger partial charge on any atom is 0.253 e. The predicted octanol–water partition coefficient (Wildman–Crippen LogP) is 4.46. The molecule has 2 aromatic heterocycles. The number of anilines is 1. The highest BCUT2D eigenvalue weighted by molar-refractivity contribution is 6.31. The monoisotopic (exact) mass is 362 g/mol. The highest BCUT2D eigenvalue weighted by Gasteiger charge is 2.09. The third-order valence-corrected chi connectivity index (χ3v) is 4.73. The van der Waals surface area contributed by atoms with Crippen molar-refractivity contribution in [3.8, 4) is 6.07 Å². The normalized spacial score (nSPS) is 11.0. The molecule has 0 aliphatic rings. The first-order valence-electron chi connectivity index (χ1n) is 8.12. The lowest BCUT2D eigenvalue weighted by molar-refractivity contribution is 1.09. The van der Waals surface area contributed by atoms with Crippen molar-refractivity contribution in [1.82, 2.24) is 9.97 Å². The first-order chi connectivity index (χ1) is 12.5. The topological polar surface area (TPSA) is 84.5 Å². The van der Waals surface area contributed by atoms with Crippen molar-refractivity contribution in [3.05, 3.63) is 74.7 Å². The van der Waals surface area contributed by atoms with Crippen LogP contribution in [-0.2, 0) is 6.54 Å². The quantitative estimate of drug-likeness (QED) is 0.503. The predicted molar refractivity (Wildman–Crippen MR) is 105 cm³/mol. The van der Waals surface area contributed by atoms with Gasteiger partial charge in [-0.1, -0.05) is 11.6 Å². The number of aromatic amines is 2. The Balaban J connectivity index is 1.67. The van der Waals surface area contributed by atoms with Crippen molar-refractivity contribution in [2.45, 2.75) is 13.5 Å². The molecule has 128 valence electrons. The molecular weight excluding hydrogens is 348 g/mol. The fourth-order valence-corrected chi connectivity index (χ4v) is 3.29. The van der Waals surface area contributed by atoms with Gasteiger partial charge in [0.05, 0.1) is 5.56 Å². The van der Waals surface area contributed by atoms with Crippen molar-refractivity contribution in [2.75, 3.05) is 5.32 Å². The molecule has 3 N–H and O–H groups in total. The first-order valence-corrected chi connectivity index (χ1v) is 8.50. The van der Waals surface area contributed by atoms with Crippen LogP contribution in [0.5, 0.6) is 0 Å². The molecule has 4 aromatic rings. The second kappa shape index (κ2) is 6.25. The Morgan fingerprint density at radius 1 is 1.19 bits per heavy atom. The molecule has 0 saturated heterocycles. The van der Waals surface area contributed by atoms with E-state index < -0.39 is 0 Å². The lowest BCUT2D eigenvalue weighted by Crippen LogP contribution is -2.15. The van der Waals surface area contributed by atoms with Gasteiger partial charge in [-0.15, -0.1) is 0 Å².